The number of carbonyl (C=O) groups is 3. The van der Waals surface area contributed by atoms with Crippen LogP contribution in [0.15, 0.2) is 24.3 Å². The van der Waals surface area contributed by atoms with E-state index in [4.69, 9.17) is 14.2 Å². The van der Waals surface area contributed by atoms with Crippen molar-refractivity contribution >= 4 is 17.9 Å². The topological polar surface area (TPSA) is 78.9 Å². The molecule has 0 aliphatic heterocycles. The first kappa shape index (κ1) is 64.9. The highest BCUT2D eigenvalue weighted by molar-refractivity contribution is 5.71. The van der Waals surface area contributed by atoms with E-state index in [2.05, 4.69) is 45.1 Å². The molecule has 0 N–H and O–H groups in total. The number of hydrogen-bond acceptors (Lipinski definition) is 6. The Morgan fingerprint density at radius 3 is 0.851 bits per heavy atom. The van der Waals surface area contributed by atoms with Crippen LogP contribution in [0.25, 0.3) is 0 Å². The molecule has 1 atom stereocenters. The van der Waals surface area contributed by atoms with E-state index in [1.807, 2.05) is 0 Å². The molecule has 394 valence electrons. The minimum Gasteiger partial charge on any atom is -0.462 e. The summed E-state index contributed by atoms with van der Waals surface area (Å²) in [5.74, 6) is -0.847. The predicted molar refractivity (Wildman–Crippen MR) is 289 cm³/mol. The number of ether oxygens (including phenoxy) is 3. The van der Waals surface area contributed by atoms with Crippen LogP contribution in [0, 0.1) is 0 Å². The van der Waals surface area contributed by atoms with Gasteiger partial charge in [0.2, 0.25) is 0 Å². The van der Waals surface area contributed by atoms with Crippen molar-refractivity contribution in [3.05, 3.63) is 24.3 Å². The van der Waals surface area contributed by atoms with Gasteiger partial charge in [0.1, 0.15) is 13.2 Å². The molecule has 0 rings (SSSR count). The first-order valence-electron chi connectivity index (χ1n) is 29.8. The zero-order chi connectivity index (χ0) is 48.6. The summed E-state index contributed by atoms with van der Waals surface area (Å²) in [6.45, 7) is 6.67. The van der Waals surface area contributed by atoms with E-state index >= 15 is 0 Å². The third-order valence-electron chi connectivity index (χ3n) is 13.5. The summed E-state index contributed by atoms with van der Waals surface area (Å²) in [5.41, 5.74) is 0. The summed E-state index contributed by atoms with van der Waals surface area (Å²) >= 11 is 0. The van der Waals surface area contributed by atoms with Crippen molar-refractivity contribution in [2.75, 3.05) is 13.2 Å². The van der Waals surface area contributed by atoms with Gasteiger partial charge in [-0.3, -0.25) is 14.4 Å². The summed E-state index contributed by atoms with van der Waals surface area (Å²) < 4.78 is 16.9. The van der Waals surface area contributed by atoms with Gasteiger partial charge in [-0.15, -0.1) is 0 Å². The Balaban J connectivity index is 4.31. The minimum absolute atomic E-state index is 0.0665. The Kier molecular flexibility index (Phi) is 54.7. The van der Waals surface area contributed by atoms with Crippen molar-refractivity contribution in [3.8, 4) is 0 Å². The molecule has 0 saturated carbocycles. The Morgan fingerprint density at radius 2 is 0.537 bits per heavy atom. The van der Waals surface area contributed by atoms with Crippen LogP contribution in [0.4, 0.5) is 0 Å². The summed E-state index contributed by atoms with van der Waals surface area (Å²) in [6, 6.07) is 0. The van der Waals surface area contributed by atoms with Gasteiger partial charge < -0.3 is 14.2 Å². The standard InChI is InChI=1S/C61H114O6/c1-4-7-10-13-16-19-22-25-28-30-31-32-34-36-39-42-45-48-51-54-60(63)66-57-58(56-65-59(62)53-50-47-44-41-38-35-27-24-21-18-15-12-9-6-3)67-61(64)55-52-49-46-43-40-37-33-29-26-23-20-17-14-11-8-5-2/h16,19,25,28,58H,4-15,17-18,20-24,26-27,29-57H2,1-3H3/b19-16-,28-25-/t58-/m1/s1. The lowest BCUT2D eigenvalue weighted by Crippen LogP contribution is -2.30. The van der Waals surface area contributed by atoms with Crippen molar-refractivity contribution in [1.82, 2.24) is 0 Å². The minimum atomic E-state index is -0.768. The van der Waals surface area contributed by atoms with E-state index in [0.717, 1.165) is 64.2 Å². The Hall–Kier alpha value is -2.11. The van der Waals surface area contributed by atoms with Crippen LogP contribution in [0.5, 0.6) is 0 Å². The van der Waals surface area contributed by atoms with Gasteiger partial charge >= 0.3 is 17.9 Å². The van der Waals surface area contributed by atoms with Crippen molar-refractivity contribution in [3.63, 3.8) is 0 Å². The van der Waals surface area contributed by atoms with Crippen molar-refractivity contribution < 1.29 is 28.6 Å². The Morgan fingerprint density at radius 1 is 0.299 bits per heavy atom. The van der Waals surface area contributed by atoms with Gasteiger partial charge in [-0.25, -0.2) is 0 Å². The van der Waals surface area contributed by atoms with E-state index in [-0.39, 0.29) is 31.1 Å². The van der Waals surface area contributed by atoms with Crippen LogP contribution in [-0.2, 0) is 28.6 Å². The van der Waals surface area contributed by atoms with E-state index in [9.17, 15) is 14.4 Å². The van der Waals surface area contributed by atoms with E-state index < -0.39 is 6.10 Å². The molecular formula is C61H114O6. The molecule has 0 bridgehead atoms. The number of hydrogen-bond donors (Lipinski definition) is 0. The quantitative estimate of drug-likeness (QED) is 0.0262. The molecule has 0 heterocycles. The van der Waals surface area contributed by atoms with Crippen molar-refractivity contribution in [1.29, 1.82) is 0 Å². The van der Waals surface area contributed by atoms with Crippen molar-refractivity contribution in [2.45, 2.75) is 335 Å². The SMILES string of the molecule is CCCCC/C=C\C/C=C\CCCCCCCCCCCC(=O)OC[C@@H](COC(=O)CCCCCCCCCCCCCCCC)OC(=O)CCCCCCCCCCCCCCCCCC. The zero-order valence-electron chi connectivity index (χ0n) is 45.2. The average Bonchev–Trinajstić information content (AvgIpc) is 3.33. The Labute approximate surface area is 417 Å². The van der Waals surface area contributed by atoms with Gasteiger partial charge in [-0.2, -0.15) is 0 Å². The van der Waals surface area contributed by atoms with Gasteiger partial charge in [-0.1, -0.05) is 283 Å². The highest BCUT2D eigenvalue weighted by Gasteiger charge is 2.19. The molecule has 0 radical (unpaired) electrons. The second kappa shape index (κ2) is 56.5. The first-order chi connectivity index (χ1) is 33.0. The summed E-state index contributed by atoms with van der Waals surface area (Å²) in [4.78, 5) is 38.2. The van der Waals surface area contributed by atoms with Crippen LogP contribution in [0.1, 0.15) is 329 Å². The molecule has 0 amide bonds. The fourth-order valence-electron chi connectivity index (χ4n) is 8.95. The third kappa shape index (κ3) is 54.7. The van der Waals surface area contributed by atoms with Crippen LogP contribution >= 0.6 is 0 Å². The zero-order valence-corrected chi connectivity index (χ0v) is 45.2. The lowest BCUT2D eigenvalue weighted by atomic mass is 10.0. The molecule has 0 fully saturated rings. The molecule has 0 aromatic carbocycles. The van der Waals surface area contributed by atoms with Gasteiger partial charge in [0.15, 0.2) is 6.10 Å². The number of allylic oxidation sites excluding steroid dienone is 4. The third-order valence-corrected chi connectivity index (χ3v) is 13.5. The maximum atomic E-state index is 12.9. The maximum Gasteiger partial charge on any atom is 0.306 e. The molecule has 6 nitrogen and oxygen atoms in total. The molecule has 0 aliphatic rings. The molecule has 0 aromatic rings. The number of unbranched alkanes of at least 4 members (excludes halogenated alkanes) is 40. The fourth-order valence-corrected chi connectivity index (χ4v) is 8.95. The summed E-state index contributed by atoms with van der Waals surface area (Å²) in [7, 11) is 0. The highest BCUT2D eigenvalue weighted by atomic mass is 16.6. The monoisotopic (exact) mass is 943 g/mol. The van der Waals surface area contributed by atoms with Crippen LogP contribution in [0.2, 0.25) is 0 Å². The highest BCUT2D eigenvalue weighted by Crippen LogP contribution is 2.17. The fraction of sp³-hybridized carbons (Fsp3) is 0.885. The largest absolute Gasteiger partial charge is 0.462 e. The molecule has 0 aliphatic carbocycles. The van der Waals surface area contributed by atoms with Crippen LogP contribution in [0.3, 0.4) is 0 Å². The van der Waals surface area contributed by atoms with Crippen LogP contribution < -0.4 is 0 Å². The predicted octanol–water partition coefficient (Wildman–Crippen LogP) is 19.9. The van der Waals surface area contributed by atoms with E-state index in [0.29, 0.717) is 19.3 Å². The molecule has 6 heteroatoms. The first-order valence-corrected chi connectivity index (χ1v) is 29.8. The lowest BCUT2D eigenvalue weighted by molar-refractivity contribution is -0.167. The van der Waals surface area contributed by atoms with Gasteiger partial charge in [0.05, 0.1) is 0 Å². The second-order valence-electron chi connectivity index (χ2n) is 20.3. The van der Waals surface area contributed by atoms with Crippen LogP contribution in [-0.4, -0.2) is 37.2 Å². The van der Waals surface area contributed by atoms with E-state index in [1.54, 1.807) is 0 Å². The lowest BCUT2D eigenvalue weighted by Gasteiger charge is -2.18. The smallest absolute Gasteiger partial charge is 0.306 e. The average molecular weight is 944 g/mol. The summed E-state index contributed by atoms with van der Waals surface area (Å²) in [6.07, 6.45) is 65.9. The van der Waals surface area contributed by atoms with Gasteiger partial charge in [0.25, 0.3) is 0 Å². The van der Waals surface area contributed by atoms with Crippen molar-refractivity contribution in [2.24, 2.45) is 0 Å². The number of esters is 3. The number of carbonyl (C=O) groups excluding carboxylic acids is 3. The molecule has 0 spiro atoms. The molecular weight excluding hydrogens is 829 g/mol. The molecule has 0 aromatic heterocycles. The van der Waals surface area contributed by atoms with E-state index in [1.165, 1.54) is 225 Å². The molecule has 67 heavy (non-hydrogen) atoms. The normalized spacial score (nSPS) is 12.1. The second-order valence-corrected chi connectivity index (χ2v) is 20.3. The Bertz CT molecular complexity index is 1080. The molecule has 0 saturated heterocycles. The van der Waals surface area contributed by atoms with Gasteiger partial charge in [0, 0.05) is 19.3 Å². The molecule has 0 unspecified atom stereocenters. The summed E-state index contributed by atoms with van der Waals surface area (Å²) in [5, 5.41) is 0. The maximum absolute atomic E-state index is 12.9. The van der Waals surface area contributed by atoms with Gasteiger partial charge in [-0.05, 0) is 51.4 Å². The number of rotatable bonds is 55.